The molecule has 0 bridgehead atoms. The van der Waals surface area contributed by atoms with Gasteiger partial charge in [-0.2, -0.15) is 0 Å². The van der Waals surface area contributed by atoms with Gasteiger partial charge in [-0.3, -0.25) is 0 Å². The minimum atomic E-state index is -0.511. The van der Waals surface area contributed by atoms with Crippen molar-refractivity contribution >= 4 is 0 Å². The lowest BCUT2D eigenvalue weighted by Crippen LogP contribution is -2.20. The van der Waals surface area contributed by atoms with E-state index in [1.54, 1.807) is 0 Å². The number of rotatable bonds is 7. The molecule has 0 spiro atoms. The third-order valence-electron chi connectivity index (χ3n) is 3.64. The zero-order valence-electron chi connectivity index (χ0n) is 12.3. The van der Waals surface area contributed by atoms with Crippen molar-refractivity contribution in [3.8, 4) is 0 Å². The highest BCUT2D eigenvalue weighted by Gasteiger charge is 2.04. The zero-order chi connectivity index (χ0) is 15.1. The quantitative estimate of drug-likeness (QED) is 0.750. The van der Waals surface area contributed by atoms with Crippen molar-refractivity contribution in [2.75, 3.05) is 13.1 Å². The summed E-state index contributed by atoms with van der Waals surface area (Å²) in [6.45, 7) is 3.83. The average Bonchev–Trinajstić information content (AvgIpc) is 2.46. The van der Waals surface area contributed by atoms with E-state index < -0.39 is 11.6 Å². The third-order valence-corrected chi connectivity index (χ3v) is 3.64. The van der Waals surface area contributed by atoms with Gasteiger partial charge in [0, 0.05) is 6.07 Å². The van der Waals surface area contributed by atoms with E-state index in [0.29, 0.717) is 17.9 Å². The van der Waals surface area contributed by atoms with Crippen LogP contribution in [0.4, 0.5) is 8.78 Å². The van der Waals surface area contributed by atoms with Crippen molar-refractivity contribution in [3.63, 3.8) is 0 Å². The second-order valence-electron chi connectivity index (χ2n) is 5.38. The smallest absolute Gasteiger partial charge is 0.126 e. The molecule has 2 aromatic rings. The fourth-order valence-electron chi connectivity index (χ4n) is 2.38. The maximum absolute atomic E-state index is 13.0. The van der Waals surface area contributed by atoms with Gasteiger partial charge in [0.05, 0.1) is 0 Å². The lowest BCUT2D eigenvalue weighted by molar-refractivity contribution is 0.573. The predicted octanol–water partition coefficient (Wildman–Crippen LogP) is 4.29. The molecule has 3 heteroatoms. The molecule has 0 aromatic heterocycles. The van der Waals surface area contributed by atoms with Gasteiger partial charge in [-0.25, -0.2) is 8.78 Å². The number of hydrogen-bond donors (Lipinski definition) is 1. The van der Waals surface area contributed by atoms with E-state index in [-0.39, 0.29) is 0 Å². The minimum absolute atomic E-state index is 0.505. The van der Waals surface area contributed by atoms with Crippen molar-refractivity contribution in [2.45, 2.75) is 25.7 Å². The molecule has 0 heterocycles. The lowest BCUT2D eigenvalue weighted by Gasteiger charge is -2.12. The van der Waals surface area contributed by atoms with Gasteiger partial charge < -0.3 is 5.32 Å². The van der Waals surface area contributed by atoms with Gasteiger partial charge in [0.15, 0.2) is 0 Å². The molecular formula is C18H21F2N. The molecule has 0 amide bonds. The van der Waals surface area contributed by atoms with E-state index >= 15 is 0 Å². The van der Waals surface area contributed by atoms with Crippen molar-refractivity contribution in [1.29, 1.82) is 0 Å². The Kier molecular flexibility index (Phi) is 5.88. The third kappa shape index (κ3) is 5.27. The fraction of sp³-hybridized carbons (Fsp3) is 0.333. The Bertz CT molecular complexity index is 534. The number of hydrogen-bond acceptors (Lipinski definition) is 1. The highest BCUT2D eigenvalue weighted by atomic mass is 19.1. The molecule has 0 saturated heterocycles. The van der Waals surface area contributed by atoms with Crippen LogP contribution in [0.5, 0.6) is 0 Å². The summed E-state index contributed by atoms with van der Waals surface area (Å²) in [5.41, 5.74) is 2.03. The number of benzene rings is 2. The zero-order valence-corrected chi connectivity index (χ0v) is 12.3. The van der Waals surface area contributed by atoms with Crippen molar-refractivity contribution in [2.24, 2.45) is 0 Å². The van der Waals surface area contributed by atoms with Crippen molar-refractivity contribution in [3.05, 3.63) is 71.3 Å². The summed E-state index contributed by atoms with van der Waals surface area (Å²) >= 11 is 0. The first-order valence-electron chi connectivity index (χ1n) is 7.36. The van der Waals surface area contributed by atoms with Crippen LogP contribution in [0.3, 0.4) is 0 Å². The summed E-state index contributed by atoms with van der Waals surface area (Å²) in [7, 11) is 0. The van der Waals surface area contributed by atoms with Crippen LogP contribution in [0.15, 0.2) is 48.5 Å². The molecule has 1 unspecified atom stereocenters. The molecule has 0 aliphatic carbocycles. The van der Waals surface area contributed by atoms with Crippen LogP contribution in [0.1, 0.15) is 30.4 Å². The number of nitrogens with one attached hydrogen (secondary N) is 1. The SMILES string of the molecule is CC(CCNCCc1cc(F)cc(F)c1)c1ccccc1. The second kappa shape index (κ2) is 7.89. The van der Waals surface area contributed by atoms with Gasteiger partial charge >= 0.3 is 0 Å². The molecule has 2 rings (SSSR count). The molecule has 21 heavy (non-hydrogen) atoms. The average molecular weight is 289 g/mol. The van der Waals surface area contributed by atoms with E-state index in [2.05, 4.69) is 36.5 Å². The van der Waals surface area contributed by atoms with Crippen molar-refractivity contribution in [1.82, 2.24) is 5.32 Å². The van der Waals surface area contributed by atoms with Crippen LogP contribution in [0.2, 0.25) is 0 Å². The first-order valence-corrected chi connectivity index (χ1v) is 7.36. The standard InChI is InChI=1S/C18H21F2N/c1-14(16-5-3-2-4-6-16)7-9-21-10-8-15-11-17(19)13-18(20)12-15/h2-6,11-14,21H,7-10H2,1H3. The Morgan fingerprint density at radius 3 is 2.29 bits per heavy atom. The Labute approximate surface area is 125 Å². The predicted molar refractivity (Wildman–Crippen MR) is 82.4 cm³/mol. The second-order valence-corrected chi connectivity index (χ2v) is 5.38. The summed E-state index contributed by atoms with van der Waals surface area (Å²) in [6, 6.07) is 14.1. The largest absolute Gasteiger partial charge is 0.316 e. The topological polar surface area (TPSA) is 12.0 Å². The molecule has 0 fully saturated rings. The highest BCUT2D eigenvalue weighted by Crippen LogP contribution is 2.17. The highest BCUT2D eigenvalue weighted by molar-refractivity contribution is 5.19. The van der Waals surface area contributed by atoms with Gasteiger partial charge in [0.25, 0.3) is 0 Å². The molecule has 2 aromatic carbocycles. The van der Waals surface area contributed by atoms with Gasteiger partial charge in [-0.1, -0.05) is 37.3 Å². The molecule has 0 aliphatic rings. The Morgan fingerprint density at radius 2 is 1.62 bits per heavy atom. The Morgan fingerprint density at radius 1 is 0.952 bits per heavy atom. The van der Waals surface area contributed by atoms with Crippen LogP contribution in [0, 0.1) is 11.6 Å². The summed E-state index contributed by atoms with van der Waals surface area (Å²) < 4.78 is 26.1. The summed E-state index contributed by atoms with van der Waals surface area (Å²) in [5.74, 6) is -0.518. The van der Waals surface area contributed by atoms with E-state index in [1.807, 2.05) is 6.07 Å². The monoisotopic (exact) mass is 289 g/mol. The molecule has 112 valence electrons. The number of halogens is 2. The van der Waals surface area contributed by atoms with Gasteiger partial charge in [-0.15, -0.1) is 0 Å². The first kappa shape index (κ1) is 15.6. The van der Waals surface area contributed by atoms with E-state index in [0.717, 1.165) is 25.6 Å². The summed E-state index contributed by atoms with van der Waals surface area (Å²) in [5, 5.41) is 3.33. The summed E-state index contributed by atoms with van der Waals surface area (Å²) in [6.07, 6.45) is 1.68. The molecular weight excluding hydrogens is 268 g/mol. The van der Waals surface area contributed by atoms with E-state index in [9.17, 15) is 8.78 Å². The molecule has 1 atom stereocenters. The van der Waals surface area contributed by atoms with E-state index in [1.165, 1.54) is 17.7 Å². The maximum Gasteiger partial charge on any atom is 0.126 e. The minimum Gasteiger partial charge on any atom is -0.316 e. The maximum atomic E-state index is 13.0. The first-order chi connectivity index (χ1) is 10.1. The molecule has 0 aliphatic heterocycles. The van der Waals surface area contributed by atoms with Crippen LogP contribution < -0.4 is 5.32 Å². The normalized spacial score (nSPS) is 12.3. The van der Waals surface area contributed by atoms with Crippen molar-refractivity contribution < 1.29 is 8.78 Å². The molecule has 1 N–H and O–H groups in total. The van der Waals surface area contributed by atoms with Crippen LogP contribution >= 0.6 is 0 Å². The summed E-state index contributed by atoms with van der Waals surface area (Å²) in [4.78, 5) is 0. The van der Waals surface area contributed by atoms with Crippen LogP contribution in [-0.2, 0) is 6.42 Å². The molecule has 0 radical (unpaired) electrons. The fourth-order valence-corrected chi connectivity index (χ4v) is 2.38. The Hall–Kier alpha value is -1.74. The lowest BCUT2D eigenvalue weighted by atomic mass is 9.98. The molecule has 0 saturated carbocycles. The Balaban J connectivity index is 1.68. The van der Waals surface area contributed by atoms with Gasteiger partial charge in [0.1, 0.15) is 11.6 Å². The van der Waals surface area contributed by atoms with Crippen LogP contribution in [0.25, 0.3) is 0 Å². The van der Waals surface area contributed by atoms with Crippen LogP contribution in [-0.4, -0.2) is 13.1 Å². The van der Waals surface area contributed by atoms with Gasteiger partial charge in [-0.05, 0) is 55.1 Å². The van der Waals surface area contributed by atoms with E-state index in [4.69, 9.17) is 0 Å². The molecule has 1 nitrogen and oxygen atoms in total. The van der Waals surface area contributed by atoms with Gasteiger partial charge in [0.2, 0.25) is 0 Å².